The van der Waals surface area contributed by atoms with E-state index in [-0.39, 0.29) is 36.8 Å². The molecule has 7 heteroatoms. The number of pyridine rings is 1. The molecule has 0 saturated heterocycles. The minimum absolute atomic E-state index is 0. The molecule has 1 aromatic heterocycles. The Hall–Kier alpha value is -1.14. The molecule has 0 spiro atoms. The standard InChI is InChI=1S/C17H20BrN3O.2ClH/c1-11(2)12-3-5-13(6-4-12)16(19)10-21-17(22)14-7-15(18)9-20-8-14;;/h3-9,11,16H,10,19H2,1-2H3,(H,21,22);2*1H. The average Bonchev–Trinajstić information content (AvgIpc) is 2.52. The van der Waals surface area contributed by atoms with Crippen molar-refractivity contribution in [3.8, 4) is 0 Å². The van der Waals surface area contributed by atoms with Gasteiger partial charge in [-0.1, -0.05) is 38.1 Å². The third-order valence-electron chi connectivity index (χ3n) is 3.48. The monoisotopic (exact) mass is 433 g/mol. The molecule has 0 bridgehead atoms. The zero-order valence-electron chi connectivity index (χ0n) is 13.5. The molecule has 1 amide bonds. The first-order valence-electron chi connectivity index (χ1n) is 7.21. The summed E-state index contributed by atoms with van der Waals surface area (Å²) in [6.45, 7) is 4.69. The van der Waals surface area contributed by atoms with Crippen molar-refractivity contribution in [2.75, 3.05) is 6.54 Å². The van der Waals surface area contributed by atoms with Crippen molar-refractivity contribution in [2.24, 2.45) is 5.73 Å². The number of hydrogen-bond acceptors (Lipinski definition) is 3. The Morgan fingerprint density at radius 2 is 1.75 bits per heavy atom. The van der Waals surface area contributed by atoms with E-state index < -0.39 is 0 Å². The number of benzene rings is 1. The number of hydrogen-bond donors (Lipinski definition) is 2. The minimum Gasteiger partial charge on any atom is -0.350 e. The second-order valence-corrected chi connectivity index (χ2v) is 6.45. The predicted octanol–water partition coefficient (Wildman–Crippen LogP) is 4.24. The lowest BCUT2D eigenvalue weighted by molar-refractivity contribution is 0.0951. The Balaban J connectivity index is 0.00000264. The Morgan fingerprint density at radius 3 is 2.29 bits per heavy atom. The van der Waals surface area contributed by atoms with Crippen molar-refractivity contribution in [3.63, 3.8) is 0 Å². The molecule has 0 fully saturated rings. The molecule has 1 heterocycles. The molecule has 132 valence electrons. The zero-order chi connectivity index (χ0) is 16.1. The van der Waals surface area contributed by atoms with Crippen molar-refractivity contribution in [1.82, 2.24) is 10.3 Å². The molecule has 2 rings (SSSR count). The fraction of sp³-hybridized carbons (Fsp3) is 0.294. The molecule has 1 unspecified atom stereocenters. The average molecular weight is 435 g/mol. The second-order valence-electron chi connectivity index (χ2n) is 5.53. The molecule has 4 nitrogen and oxygen atoms in total. The summed E-state index contributed by atoms with van der Waals surface area (Å²) in [4.78, 5) is 16.0. The first-order valence-corrected chi connectivity index (χ1v) is 8.01. The zero-order valence-corrected chi connectivity index (χ0v) is 16.7. The highest BCUT2D eigenvalue weighted by atomic mass is 79.9. The van der Waals surface area contributed by atoms with Crippen LogP contribution < -0.4 is 11.1 Å². The van der Waals surface area contributed by atoms with Gasteiger partial charge in [0.2, 0.25) is 0 Å². The SMILES string of the molecule is CC(C)c1ccc(C(N)CNC(=O)c2cncc(Br)c2)cc1.Cl.Cl. The van der Waals surface area contributed by atoms with Gasteiger partial charge in [0.15, 0.2) is 0 Å². The van der Waals surface area contributed by atoms with Crippen LogP contribution in [0.1, 0.15) is 47.3 Å². The highest BCUT2D eigenvalue weighted by Crippen LogP contribution is 2.17. The predicted molar refractivity (Wildman–Crippen MR) is 106 cm³/mol. The van der Waals surface area contributed by atoms with Crippen LogP contribution in [0.5, 0.6) is 0 Å². The minimum atomic E-state index is -0.231. The van der Waals surface area contributed by atoms with Gasteiger partial charge in [-0.15, -0.1) is 24.8 Å². The Bertz CT molecular complexity index is 651. The molecule has 0 saturated carbocycles. The van der Waals surface area contributed by atoms with Gasteiger partial charge in [0, 0.05) is 29.5 Å². The summed E-state index contributed by atoms with van der Waals surface area (Å²) in [6, 6.07) is 9.70. The summed E-state index contributed by atoms with van der Waals surface area (Å²) in [7, 11) is 0. The fourth-order valence-corrected chi connectivity index (χ4v) is 2.45. The summed E-state index contributed by atoms with van der Waals surface area (Å²) in [6.07, 6.45) is 3.17. The number of nitrogens with zero attached hydrogens (tertiary/aromatic N) is 1. The normalized spacial score (nSPS) is 11.2. The summed E-state index contributed by atoms with van der Waals surface area (Å²) in [5, 5.41) is 2.84. The summed E-state index contributed by atoms with van der Waals surface area (Å²) >= 11 is 3.30. The number of carbonyl (C=O) groups is 1. The van der Waals surface area contributed by atoms with Gasteiger partial charge < -0.3 is 11.1 Å². The lowest BCUT2D eigenvalue weighted by atomic mass is 9.99. The van der Waals surface area contributed by atoms with E-state index in [2.05, 4.69) is 52.2 Å². The van der Waals surface area contributed by atoms with E-state index in [4.69, 9.17) is 5.73 Å². The van der Waals surface area contributed by atoms with E-state index in [0.29, 0.717) is 18.0 Å². The first kappa shape index (κ1) is 22.9. The second kappa shape index (κ2) is 10.7. The number of amides is 1. The van der Waals surface area contributed by atoms with Crippen LogP contribution in [0, 0.1) is 0 Å². The fourth-order valence-electron chi connectivity index (χ4n) is 2.09. The van der Waals surface area contributed by atoms with Gasteiger partial charge in [0.25, 0.3) is 5.91 Å². The molecular weight excluding hydrogens is 413 g/mol. The molecular formula is C17H22BrCl2N3O. The third kappa shape index (κ3) is 6.40. The van der Waals surface area contributed by atoms with Crippen molar-refractivity contribution in [1.29, 1.82) is 0 Å². The van der Waals surface area contributed by atoms with Crippen LogP contribution >= 0.6 is 40.7 Å². The van der Waals surface area contributed by atoms with Crippen LogP contribution in [0.25, 0.3) is 0 Å². The molecule has 1 aromatic carbocycles. The molecule has 24 heavy (non-hydrogen) atoms. The molecule has 2 aromatic rings. The summed E-state index contributed by atoms with van der Waals surface area (Å²) < 4.78 is 0.772. The topological polar surface area (TPSA) is 68.0 Å². The number of aromatic nitrogens is 1. The maximum absolute atomic E-state index is 12.0. The van der Waals surface area contributed by atoms with Gasteiger partial charge in [0.1, 0.15) is 0 Å². The number of nitrogens with two attached hydrogens (primary N) is 1. The van der Waals surface area contributed by atoms with Crippen LogP contribution in [0.2, 0.25) is 0 Å². The lowest BCUT2D eigenvalue weighted by Crippen LogP contribution is -2.32. The van der Waals surface area contributed by atoms with Crippen molar-refractivity contribution >= 4 is 46.7 Å². The van der Waals surface area contributed by atoms with E-state index in [1.54, 1.807) is 12.3 Å². The molecule has 0 aliphatic rings. The lowest BCUT2D eigenvalue weighted by Gasteiger charge is -2.14. The van der Waals surface area contributed by atoms with Crippen LogP contribution in [-0.2, 0) is 0 Å². The largest absolute Gasteiger partial charge is 0.350 e. The van der Waals surface area contributed by atoms with Crippen LogP contribution in [-0.4, -0.2) is 17.4 Å². The smallest absolute Gasteiger partial charge is 0.252 e. The first-order chi connectivity index (χ1) is 10.5. The Labute approximate surface area is 163 Å². The van der Waals surface area contributed by atoms with E-state index in [1.165, 1.54) is 11.8 Å². The van der Waals surface area contributed by atoms with Gasteiger partial charge in [-0.2, -0.15) is 0 Å². The van der Waals surface area contributed by atoms with Crippen LogP contribution in [0.4, 0.5) is 0 Å². The maximum Gasteiger partial charge on any atom is 0.252 e. The summed E-state index contributed by atoms with van der Waals surface area (Å²) in [5.74, 6) is 0.317. The quantitative estimate of drug-likeness (QED) is 0.739. The van der Waals surface area contributed by atoms with E-state index >= 15 is 0 Å². The Kier molecular flexibility index (Phi) is 10.2. The Morgan fingerprint density at radius 1 is 1.17 bits per heavy atom. The van der Waals surface area contributed by atoms with Gasteiger partial charge in [-0.25, -0.2) is 0 Å². The number of rotatable bonds is 5. The third-order valence-corrected chi connectivity index (χ3v) is 3.91. The maximum atomic E-state index is 12.0. The van der Waals surface area contributed by atoms with Crippen LogP contribution in [0.15, 0.2) is 47.2 Å². The van der Waals surface area contributed by atoms with Crippen molar-refractivity contribution < 1.29 is 4.79 Å². The highest BCUT2D eigenvalue weighted by molar-refractivity contribution is 9.10. The van der Waals surface area contributed by atoms with Crippen LogP contribution in [0.3, 0.4) is 0 Å². The van der Waals surface area contributed by atoms with Crippen molar-refractivity contribution in [3.05, 3.63) is 63.9 Å². The molecule has 1 atom stereocenters. The summed E-state index contributed by atoms with van der Waals surface area (Å²) in [5.41, 5.74) is 8.94. The molecule has 0 aliphatic carbocycles. The molecule has 0 aliphatic heterocycles. The molecule has 0 radical (unpaired) electrons. The van der Waals surface area contributed by atoms with E-state index in [0.717, 1.165) is 10.0 Å². The number of nitrogens with one attached hydrogen (secondary N) is 1. The number of halogens is 3. The van der Waals surface area contributed by atoms with Crippen molar-refractivity contribution in [2.45, 2.75) is 25.8 Å². The van der Waals surface area contributed by atoms with Gasteiger partial charge >= 0.3 is 0 Å². The number of carbonyl (C=O) groups excluding carboxylic acids is 1. The van der Waals surface area contributed by atoms with Gasteiger partial charge in [-0.3, -0.25) is 9.78 Å². The van der Waals surface area contributed by atoms with Gasteiger partial charge in [-0.05, 0) is 39.0 Å². The van der Waals surface area contributed by atoms with Gasteiger partial charge in [0.05, 0.1) is 5.56 Å². The van der Waals surface area contributed by atoms with E-state index in [9.17, 15) is 4.79 Å². The highest BCUT2D eigenvalue weighted by Gasteiger charge is 2.11. The van der Waals surface area contributed by atoms with E-state index in [1.807, 2.05) is 12.1 Å². The molecule has 3 N–H and O–H groups in total.